The summed E-state index contributed by atoms with van der Waals surface area (Å²) < 4.78 is 11.5. The highest BCUT2D eigenvalue weighted by Gasteiger charge is 2.35. The van der Waals surface area contributed by atoms with E-state index in [9.17, 15) is 4.79 Å². The summed E-state index contributed by atoms with van der Waals surface area (Å²) in [7, 11) is 0. The predicted octanol–water partition coefficient (Wildman–Crippen LogP) is 5.27. The Labute approximate surface area is 145 Å². The average Bonchev–Trinajstić information content (AvgIpc) is 2.96. The molecule has 0 fully saturated rings. The van der Waals surface area contributed by atoms with Crippen molar-refractivity contribution < 1.29 is 14.3 Å². The Morgan fingerprint density at radius 3 is 2.71 bits per heavy atom. The fourth-order valence-electron chi connectivity index (χ4n) is 4.26. The third-order valence-corrected chi connectivity index (χ3v) is 5.36. The summed E-state index contributed by atoms with van der Waals surface area (Å²) in [4.78, 5) is 12.2. The average molecular weight is 328 g/mol. The second-order valence-corrected chi connectivity index (χ2v) is 7.72. The Balaban J connectivity index is 1.94. The first-order chi connectivity index (χ1) is 11.4. The third-order valence-electron chi connectivity index (χ3n) is 5.36. The van der Waals surface area contributed by atoms with Crippen LogP contribution in [0.1, 0.15) is 75.5 Å². The summed E-state index contributed by atoms with van der Waals surface area (Å²) in [5.41, 5.74) is 4.89. The van der Waals surface area contributed by atoms with Crippen LogP contribution in [0.25, 0.3) is 0 Å². The molecule has 1 heterocycles. The Kier molecular flexibility index (Phi) is 4.71. The van der Waals surface area contributed by atoms with Gasteiger partial charge in [-0.05, 0) is 68.6 Å². The van der Waals surface area contributed by atoms with Crippen LogP contribution in [0.15, 0.2) is 17.7 Å². The first kappa shape index (κ1) is 17.1. The van der Waals surface area contributed by atoms with Gasteiger partial charge in [0.25, 0.3) is 0 Å². The van der Waals surface area contributed by atoms with Crippen molar-refractivity contribution in [3.63, 3.8) is 0 Å². The summed E-state index contributed by atoms with van der Waals surface area (Å²) in [5, 5.41) is 0. The maximum Gasteiger partial charge on any atom is 0.231 e. The van der Waals surface area contributed by atoms with Crippen molar-refractivity contribution in [2.24, 2.45) is 5.92 Å². The van der Waals surface area contributed by atoms with E-state index in [-0.39, 0.29) is 5.78 Å². The number of allylic oxidation sites excluding steroid dienone is 2. The fraction of sp³-hybridized carbons (Fsp3) is 0.571. The number of ketones is 1. The van der Waals surface area contributed by atoms with Crippen LogP contribution in [0, 0.1) is 12.8 Å². The van der Waals surface area contributed by atoms with Gasteiger partial charge < -0.3 is 9.47 Å². The van der Waals surface area contributed by atoms with Crippen LogP contribution in [0.3, 0.4) is 0 Å². The predicted molar refractivity (Wildman–Crippen MR) is 95.9 cm³/mol. The largest absolute Gasteiger partial charge is 0.453 e. The van der Waals surface area contributed by atoms with Crippen LogP contribution >= 0.6 is 0 Å². The van der Waals surface area contributed by atoms with Crippen LogP contribution in [0.4, 0.5) is 0 Å². The SMILES string of the molecule is CC(C)=CC(=O)C[C@H](C)[C@H]1CC[C@@H](C)c2c1cc(C)c1c2OCO1. The van der Waals surface area contributed by atoms with Gasteiger partial charge in [-0.15, -0.1) is 0 Å². The smallest absolute Gasteiger partial charge is 0.231 e. The molecular weight excluding hydrogens is 300 g/mol. The van der Waals surface area contributed by atoms with Crippen molar-refractivity contribution in [1.29, 1.82) is 0 Å². The summed E-state index contributed by atoms with van der Waals surface area (Å²) in [6.07, 6.45) is 4.65. The summed E-state index contributed by atoms with van der Waals surface area (Å²) in [6.45, 7) is 10.8. The molecule has 0 unspecified atom stereocenters. The zero-order chi connectivity index (χ0) is 17.4. The lowest BCUT2D eigenvalue weighted by Crippen LogP contribution is -2.21. The molecule has 0 radical (unpaired) electrons. The Morgan fingerprint density at radius 2 is 2.00 bits per heavy atom. The van der Waals surface area contributed by atoms with E-state index in [0.717, 1.165) is 35.5 Å². The molecule has 1 aliphatic heterocycles. The molecule has 0 saturated heterocycles. The Morgan fingerprint density at radius 1 is 1.29 bits per heavy atom. The number of fused-ring (bicyclic) bond motifs is 3. The van der Waals surface area contributed by atoms with E-state index in [0.29, 0.717) is 31.0 Å². The molecule has 1 aliphatic carbocycles. The first-order valence-electron chi connectivity index (χ1n) is 8.99. The maximum absolute atomic E-state index is 12.2. The molecule has 1 aromatic carbocycles. The van der Waals surface area contributed by atoms with Gasteiger partial charge in [-0.1, -0.05) is 25.5 Å². The van der Waals surface area contributed by atoms with E-state index in [1.807, 2.05) is 13.8 Å². The number of carbonyl (C=O) groups is 1. The van der Waals surface area contributed by atoms with Crippen LogP contribution in [0.2, 0.25) is 0 Å². The molecule has 0 spiro atoms. The van der Waals surface area contributed by atoms with Gasteiger partial charge in [0.1, 0.15) is 0 Å². The second kappa shape index (κ2) is 6.62. The monoisotopic (exact) mass is 328 g/mol. The molecule has 24 heavy (non-hydrogen) atoms. The molecular formula is C21H28O3. The topological polar surface area (TPSA) is 35.5 Å². The highest BCUT2D eigenvalue weighted by atomic mass is 16.7. The minimum absolute atomic E-state index is 0.236. The number of rotatable bonds is 4. The van der Waals surface area contributed by atoms with E-state index >= 15 is 0 Å². The zero-order valence-corrected chi connectivity index (χ0v) is 15.4. The van der Waals surface area contributed by atoms with Gasteiger partial charge in [-0.3, -0.25) is 4.79 Å². The van der Waals surface area contributed by atoms with Crippen molar-refractivity contribution in [2.45, 2.75) is 65.7 Å². The molecule has 0 aromatic heterocycles. The molecule has 0 saturated carbocycles. The van der Waals surface area contributed by atoms with Gasteiger partial charge >= 0.3 is 0 Å². The number of carbonyl (C=O) groups excluding carboxylic acids is 1. The van der Waals surface area contributed by atoms with Gasteiger partial charge in [0.05, 0.1) is 0 Å². The molecule has 0 N–H and O–H groups in total. The van der Waals surface area contributed by atoms with Crippen LogP contribution < -0.4 is 9.47 Å². The second-order valence-electron chi connectivity index (χ2n) is 7.72. The highest BCUT2D eigenvalue weighted by Crippen LogP contribution is 2.52. The van der Waals surface area contributed by atoms with E-state index in [2.05, 4.69) is 26.8 Å². The third kappa shape index (κ3) is 3.09. The first-order valence-corrected chi connectivity index (χ1v) is 8.99. The minimum atomic E-state index is 0.236. The number of benzene rings is 1. The van der Waals surface area contributed by atoms with Gasteiger partial charge in [-0.25, -0.2) is 0 Å². The van der Waals surface area contributed by atoms with Gasteiger partial charge in [-0.2, -0.15) is 0 Å². The van der Waals surface area contributed by atoms with Gasteiger partial charge in [0, 0.05) is 12.0 Å². The summed E-state index contributed by atoms with van der Waals surface area (Å²) in [6, 6.07) is 2.27. The Bertz CT molecular complexity index is 683. The van der Waals surface area contributed by atoms with E-state index in [4.69, 9.17) is 9.47 Å². The number of hydrogen-bond acceptors (Lipinski definition) is 3. The van der Waals surface area contributed by atoms with E-state index < -0.39 is 0 Å². The van der Waals surface area contributed by atoms with Crippen molar-refractivity contribution >= 4 is 5.78 Å². The van der Waals surface area contributed by atoms with Crippen LogP contribution in [0.5, 0.6) is 11.5 Å². The molecule has 130 valence electrons. The number of ether oxygens (including phenoxy) is 2. The van der Waals surface area contributed by atoms with Crippen LogP contribution in [-0.2, 0) is 4.79 Å². The van der Waals surface area contributed by atoms with Gasteiger partial charge in [0.15, 0.2) is 17.3 Å². The molecule has 2 aliphatic rings. The highest BCUT2D eigenvalue weighted by molar-refractivity contribution is 5.90. The van der Waals surface area contributed by atoms with E-state index in [1.165, 1.54) is 11.1 Å². The minimum Gasteiger partial charge on any atom is -0.453 e. The molecule has 0 bridgehead atoms. The van der Waals surface area contributed by atoms with Crippen molar-refractivity contribution in [3.8, 4) is 11.5 Å². The lowest BCUT2D eigenvalue weighted by molar-refractivity contribution is -0.115. The van der Waals surface area contributed by atoms with Crippen molar-refractivity contribution in [1.82, 2.24) is 0 Å². The molecule has 3 rings (SSSR count). The number of hydrogen-bond donors (Lipinski definition) is 0. The quantitative estimate of drug-likeness (QED) is 0.707. The molecule has 3 nitrogen and oxygen atoms in total. The lowest BCUT2D eigenvalue weighted by atomic mass is 9.70. The molecule has 1 aromatic rings. The van der Waals surface area contributed by atoms with Crippen molar-refractivity contribution in [2.75, 3.05) is 6.79 Å². The maximum atomic E-state index is 12.2. The standard InChI is InChI=1S/C21H28O3/c1-12(2)8-16(22)9-14(4)17-7-6-13(3)19-18(17)10-15(5)20-21(19)24-11-23-20/h8,10,13-14,17H,6-7,9,11H2,1-5H3/t13-,14+,17-/m1/s1. The van der Waals surface area contributed by atoms with Gasteiger partial charge in [0.2, 0.25) is 6.79 Å². The summed E-state index contributed by atoms with van der Waals surface area (Å²) >= 11 is 0. The molecule has 0 amide bonds. The normalized spacial score (nSPS) is 22.7. The molecule has 3 heteroatoms. The molecule has 3 atom stereocenters. The number of aryl methyl sites for hydroxylation is 1. The zero-order valence-electron chi connectivity index (χ0n) is 15.4. The van der Waals surface area contributed by atoms with Crippen LogP contribution in [-0.4, -0.2) is 12.6 Å². The van der Waals surface area contributed by atoms with E-state index in [1.54, 1.807) is 6.08 Å². The Hall–Kier alpha value is -1.77. The van der Waals surface area contributed by atoms with Crippen molar-refractivity contribution in [3.05, 3.63) is 34.4 Å². The lowest BCUT2D eigenvalue weighted by Gasteiger charge is -2.34. The fourth-order valence-corrected chi connectivity index (χ4v) is 4.26. The summed E-state index contributed by atoms with van der Waals surface area (Å²) in [5.74, 6) is 3.32.